The number of ether oxygens (including phenoxy) is 2. The second-order valence-corrected chi connectivity index (χ2v) is 5.08. The van der Waals surface area contributed by atoms with Gasteiger partial charge in [0, 0.05) is 11.8 Å². The van der Waals surface area contributed by atoms with Gasteiger partial charge in [-0.15, -0.1) is 0 Å². The standard InChI is InChI=1S/C16H17N3O4/c1-2-14-22-10-13(23-14)19-9-8-12(18-16(19)21)17-15(20)11-6-4-3-5-7-11/h3-9,13-14H,2,10H2,1H3,(H,17,18,20,21)/t13-,14+/m1/s1. The molecule has 2 aromatic rings. The molecule has 1 N–H and O–H groups in total. The van der Waals surface area contributed by atoms with Gasteiger partial charge in [0.15, 0.2) is 12.5 Å². The lowest BCUT2D eigenvalue weighted by molar-refractivity contribution is -0.0731. The van der Waals surface area contributed by atoms with E-state index in [4.69, 9.17) is 9.47 Å². The van der Waals surface area contributed by atoms with Gasteiger partial charge < -0.3 is 14.8 Å². The minimum absolute atomic E-state index is 0.200. The molecule has 1 aliphatic heterocycles. The second-order valence-electron chi connectivity index (χ2n) is 5.08. The molecule has 23 heavy (non-hydrogen) atoms. The Morgan fingerprint density at radius 3 is 2.78 bits per heavy atom. The maximum absolute atomic E-state index is 12.1. The first-order valence-corrected chi connectivity index (χ1v) is 7.40. The molecule has 0 radical (unpaired) electrons. The zero-order valence-corrected chi connectivity index (χ0v) is 12.6. The van der Waals surface area contributed by atoms with Gasteiger partial charge >= 0.3 is 5.69 Å². The van der Waals surface area contributed by atoms with Crippen LogP contribution < -0.4 is 11.0 Å². The molecule has 120 valence electrons. The number of hydrogen-bond donors (Lipinski definition) is 1. The van der Waals surface area contributed by atoms with Crippen molar-refractivity contribution in [1.29, 1.82) is 0 Å². The number of nitrogens with one attached hydrogen (secondary N) is 1. The highest BCUT2D eigenvalue weighted by atomic mass is 16.7. The summed E-state index contributed by atoms with van der Waals surface area (Å²) in [5, 5.41) is 2.60. The molecule has 0 saturated carbocycles. The van der Waals surface area contributed by atoms with Gasteiger partial charge in [-0.25, -0.2) is 4.79 Å². The fraction of sp³-hybridized carbons (Fsp3) is 0.312. The van der Waals surface area contributed by atoms with Crippen LogP contribution in [0.1, 0.15) is 29.9 Å². The first-order chi connectivity index (χ1) is 11.2. The molecule has 1 fully saturated rings. The third kappa shape index (κ3) is 3.46. The molecule has 7 heteroatoms. The first kappa shape index (κ1) is 15.4. The fourth-order valence-electron chi connectivity index (χ4n) is 2.28. The molecule has 0 bridgehead atoms. The van der Waals surface area contributed by atoms with E-state index in [1.54, 1.807) is 36.5 Å². The van der Waals surface area contributed by atoms with Crippen molar-refractivity contribution in [2.75, 3.05) is 11.9 Å². The van der Waals surface area contributed by atoms with Gasteiger partial charge in [0.2, 0.25) is 0 Å². The highest BCUT2D eigenvalue weighted by Crippen LogP contribution is 2.21. The average Bonchev–Trinajstić information content (AvgIpc) is 3.04. The Hall–Kier alpha value is -2.51. The highest BCUT2D eigenvalue weighted by Gasteiger charge is 2.26. The predicted molar refractivity (Wildman–Crippen MR) is 83.0 cm³/mol. The Balaban J connectivity index is 1.72. The minimum Gasteiger partial charge on any atom is -0.348 e. The number of carbonyl (C=O) groups is 1. The number of hydrogen-bond acceptors (Lipinski definition) is 5. The summed E-state index contributed by atoms with van der Waals surface area (Å²) in [7, 11) is 0. The number of carbonyl (C=O) groups excluding carboxylic acids is 1. The molecule has 1 aliphatic rings. The van der Waals surface area contributed by atoms with E-state index in [1.165, 1.54) is 4.57 Å². The van der Waals surface area contributed by atoms with Gasteiger partial charge in [0.1, 0.15) is 5.82 Å². The van der Waals surface area contributed by atoms with E-state index in [0.29, 0.717) is 18.6 Å². The lowest BCUT2D eigenvalue weighted by Gasteiger charge is -2.13. The lowest BCUT2D eigenvalue weighted by atomic mass is 10.2. The smallest absolute Gasteiger partial charge is 0.348 e. The van der Waals surface area contributed by atoms with Crippen molar-refractivity contribution < 1.29 is 14.3 Å². The van der Waals surface area contributed by atoms with Gasteiger partial charge in [-0.3, -0.25) is 9.36 Å². The quantitative estimate of drug-likeness (QED) is 0.930. The molecule has 0 aliphatic carbocycles. The molecular weight excluding hydrogens is 298 g/mol. The zero-order valence-electron chi connectivity index (χ0n) is 12.6. The van der Waals surface area contributed by atoms with Gasteiger partial charge in [-0.05, 0) is 24.6 Å². The van der Waals surface area contributed by atoms with E-state index in [-0.39, 0.29) is 18.0 Å². The minimum atomic E-state index is -0.499. The van der Waals surface area contributed by atoms with Crippen LogP contribution in [-0.4, -0.2) is 28.4 Å². The van der Waals surface area contributed by atoms with Gasteiger partial charge in [-0.2, -0.15) is 4.98 Å². The Bertz CT molecular complexity index is 744. The van der Waals surface area contributed by atoms with Crippen LogP contribution in [-0.2, 0) is 9.47 Å². The number of aromatic nitrogens is 2. The van der Waals surface area contributed by atoms with Crippen LogP contribution in [0.25, 0.3) is 0 Å². The number of anilines is 1. The molecule has 2 heterocycles. The van der Waals surface area contributed by atoms with Crippen molar-refractivity contribution in [2.45, 2.75) is 25.9 Å². The molecule has 1 aromatic carbocycles. The van der Waals surface area contributed by atoms with E-state index in [1.807, 2.05) is 13.0 Å². The zero-order chi connectivity index (χ0) is 16.2. The van der Waals surface area contributed by atoms with E-state index in [9.17, 15) is 9.59 Å². The summed E-state index contributed by atoms with van der Waals surface area (Å²) in [5.74, 6) is -0.118. The predicted octanol–water partition coefficient (Wildman–Crippen LogP) is 1.78. The van der Waals surface area contributed by atoms with Crippen LogP contribution in [0.2, 0.25) is 0 Å². The third-order valence-electron chi connectivity index (χ3n) is 3.48. The Morgan fingerprint density at radius 2 is 2.13 bits per heavy atom. The number of nitrogens with zero attached hydrogens (tertiary/aromatic N) is 2. The van der Waals surface area contributed by atoms with Crippen molar-refractivity contribution in [1.82, 2.24) is 9.55 Å². The summed E-state index contributed by atoms with van der Waals surface area (Å²) in [5.41, 5.74) is -0.00185. The fourth-order valence-corrected chi connectivity index (χ4v) is 2.28. The highest BCUT2D eigenvalue weighted by molar-refractivity contribution is 6.03. The van der Waals surface area contributed by atoms with Crippen molar-refractivity contribution in [3.8, 4) is 0 Å². The van der Waals surface area contributed by atoms with Crippen molar-refractivity contribution in [3.63, 3.8) is 0 Å². The normalized spacial score (nSPS) is 20.4. The molecule has 1 aromatic heterocycles. The van der Waals surface area contributed by atoms with Crippen LogP contribution in [0.15, 0.2) is 47.4 Å². The summed E-state index contributed by atoms with van der Waals surface area (Å²) in [6.45, 7) is 2.24. The molecular formula is C16H17N3O4. The summed E-state index contributed by atoms with van der Waals surface area (Å²) < 4.78 is 12.3. The maximum atomic E-state index is 12.1. The second kappa shape index (κ2) is 6.72. The number of benzene rings is 1. The summed E-state index contributed by atoms with van der Waals surface area (Å²) in [6.07, 6.45) is 1.47. The van der Waals surface area contributed by atoms with Crippen molar-refractivity contribution in [2.24, 2.45) is 0 Å². The van der Waals surface area contributed by atoms with Crippen LogP contribution in [0.3, 0.4) is 0 Å². The topological polar surface area (TPSA) is 82.5 Å². The van der Waals surface area contributed by atoms with Crippen LogP contribution in [0.5, 0.6) is 0 Å². The van der Waals surface area contributed by atoms with Gasteiger partial charge in [-0.1, -0.05) is 25.1 Å². The molecule has 1 saturated heterocycles. The number of amides is 1. The van der Waals surface area contributed by atoms with E-state index >= 15 is 0 Å². The van der Waals surface area contributed by atoms with Gasteiger partial charge in [0.25, 0.3) is 5.91 Å². The van der Waals surface area contributed by atoms with Crippen LogP contribution in [0.4, 0.5) is 5.82 Å². The molecule has 2 atom stereocenters. The summed E-state index contributed by atoms with van der Waals surface area (Å²) >= 11 is 0. The molecule has 1 amide bonds. The van der Waals surface area contributed by atoms with Crippen LogP contribution >= 0.6 is 0 Å². The first-order valence-electron chi connectivity index (χ1n) is 7.40. The lowest BCUT2D eigenvalue weighted by Crippen LogP contribution is -2.29. The summed E-state index contributed by atoms with van der Waals surface area (Å²) in [6, 6.07) is 10.3. The summed E-state index contributed by atoms with van der Waals surface area (Å²) in [4.78, 5) is 28.0. The SMILES string of the molecule is CC[C@H]1OC[C@H](n2ccc(NC(=O)c3ccccc3)nc2=O)O1. The molecule has 3 rings (SSSR count). The monoisotopic (exact) mass is 315 g/mol. The maximum Gasteiger partial charge on any atom is 0.351 e. The van der Waals surface area contributed by atoms with Gasteiger partial charge in [0.05, 0.1) is 6.61 Å². The molecule has 0 spiro atoms. The molecule has 0 unspecified atom stereocenters. The number of rotatable bonds is 4. The Labute approximate surface area is 132 Å². The molecule has 7 nitrogen and oxygen atoms in total. The van der Waals surface area contributed by atoms with E-state index < -0.39 is 11.9 Å². The Kier molecular flexibility index (Phi) is 4.50. The van der Waals surface area contributed by atoms with E-state index in [0.717, 1.165) is 0 Å². The largest absolute Gasteiger partial charge is 0.351 e. The van der Waals surface area contributed by atoms with E-state index in [2.05, 4.69) is 10.3 Å². The van der Waals surface area contributed by atoms with Crippen molar-refractivity contribution in [3.05, 3.63) is 58.6 Å². The average molecular weight is 315 g/mol. The van der Waals surface area contributed by atoms with Crippen LogP contribution in [0, 0.1) is 0 Å². The third-order valence-corrected chi connectivity index (χ3v) is 3.48. The Morgan fingerprint density at radius 1 is 1.35 bits per heavy atom. The van der Waals surface area contributed by atoms with Crippen molar-refractivity contribution >= 4 is 11.7 Å².